The Morgan fingerprint density at radius 1 is 0.700 bits per heavy atom. The summed E-state index contributed by atoms with van der Waals surface area (Å²) in [6.45, 7) is 4.76. The molecular formula is C20H38N2O8. The van der Waals surface area contributed by atoms with Crippen molar-refractivity contribution in [1.29, 1.82) is 0 Å². The van der Waals surface area contributed by atoms with Gasteiger partial charge in [0.15, 0.2) is 0 Å². The Labute approximate surface area is 178 Å². The van der Waals surface area contributed by atoms with Gasteiger partial charge in [-0.05, 0) is 25.7 Å². The van der Waals surface area contributed by atoms with Gasteiger partial charge in [0.25, 0.3) is 0 Å². The zero-order valence-corrected chi connectivity index (χ0v) is 17.8. The zero-order chi connectivity index (χ0) is 22.0. The van der Waals surface area contributed by atoms with E-state index < -0.39 is 11.9 Å². The van der Waals surface area contributed by atoms with E-state index in [0.717, 1.165) is 38.8 Å². The standard InChI is InChI=1S/C20H38N2O8/c21-17-1-3-18(4-2-17)22(7-11-29-15-13-27-9-5-19(23)24)8-12-30-16-14-28-10-6-20(25)26/h17-18H,1-16,21H2,(H,23,24)(H,25,26). The van der Waals surface area contributed by atoms with E-state index in [9.17, 15) is 9.59 Å². The molecule has 0 aromatic carbocycles. The summed E-state index contributed by atoms with van der Waals surface area (Å²) in [4.78, 5) is 23.2. The van der Waals surface area contributed by atoms with Gasteiger partial charge in [-0.1, -0.05) is 0 Å². The van der Waals surface area contributed by atoms with Gasteiger partial charge >= 0.3 is 11.9 Å². The predicted octanol–water partition coefficient (Wildman–Crippen LogP) is 0.574. The summed E-state index contributed by atoms with van der Waals surface area (Å²) in [5, 5.41) is 17.1. The first-order valence-electron chi connectivity index (χ1n) is 10.7. The summed E-state index contributed by atoms with van der Waals surface area (Å²) in [5.41, 5.74) is 6.02. The fourth-order valence-corrected chi connectivity index (χ4v) is 3.27. The third-order valence-corrected chi connectivity index (χ3v) is 4.97. The maximum atomic E-state index is 10.4. The highest BCUT2D eigenvalue weighted by Crippen LogP contribution is 2.21. The van der Waals surface area contributed by atoms with E-state index in [4.69, 9.17) is 34.9 Å². The van der Waals surface area contributed by atoms with Crippen molar-refractivity contribution in [3.05, 3.63) is 0 Å². The van der Waals surface area contributed by atoms with Crippen LogP contribution in [0.2, 0.25) is 0 Å². The average molecular weight is 435 g/mol. The number of carboxylic acid groups (broad SMARTS) is 2. The first-order valence-corrected chi connectivity index (χ1v) is 10.7. The van der Waals surface area contributed by atoms with Gasteiger partial charge in [0.05, 0.1) is 65.7 Å². The van der Waals surface area contributed by atoms with Gasteiger partial charge in [-0.2, -0.15) is 0 Å². The van der Waals surface area contributed by atoms with Gasteiger partial charge in [-0.3, -0.25) is 14.5 Å². The topological polar surface area (TPSA) is 141 Å². The third kappa shape index (κ3) is 14.6. The molecule has 0 amide bonds. The van der Waals surface area contributed by atoms with Crippen molar-refractivity contribution in [3.63, 3.8) is 0 Å². The zero-order valence-electron chi connectivity index (χ0n) is 17.8. The van der Waals surface area contributed by atoms with E-state index in [2.05, 4.69) is 4.90 Å². The highest BCUT2D eigenvalue weighted by Gasteiger charge is 2.23. The van der Waals surface area contributed by atoms with Crippen LogP contribution in [0, 0.1) is 0 Å². The van der Waals surface area contributed by atoms with Gasteiger partial charge < -0.3 is 34.9 Å². The molecule has 0 unspecified atom stereocenters. The first-order chi connectivity index (χ1) is 14.5. The fourth-order valence-electron chi connectivity index (χ4n) is 3.27. The van der Waals surface area contributed by atoms with Crippen LogP contribution in [-0.4, -0.2) is 105 Å². The molecule has 30 heavy (non-hydrogen) atoms. The molecule has 0 aromatic rings. The van der Waals surface area contributed by atoms with Gasteiger partial charge in [-0.15, -0.1) is 0 Å². The van der Waals surface area contributed by atoms with Gasteiger partial charge in [0.1, 0.15) is 0 Å². The minimum Gasteiger partial charge on any atom is -0.481 e. The quantitative estimate of drug-likeness (QED) is 0.247. The number of nitrogens with zero attached hydrogens (tertiary/aromatic N) is 1. The lowest BCUT2D eigenvalue weighted by molar-refractivity contribution is -0.139. The Bertz CT molecular complexity index is 428. The van der Waals surface area contributed by atoms with Crippen LogP contribution in [0.15, 0.2) is 0 Å². The highest BCUT2D eigenvalue weighted by atomic mass is 16.5. The summed E-state index contributed by atoms with van der Waals surface area (Å²) in [7, 11) is 0. The lowest BCUT2D eigenvalue weighted by Gasteiger charge is -2.36. The van der Waals surface area contributed by atoms with Crippen LogP contribution < -0.4 is 5.73 Å². The maximum Gasteiger partial charge on any atom is 0.305 e. The minimum absolute atomic E-state index is 0.00218. The second-order valence-corrected chi connectivity index (χ2v) is 7.34. The molecule has 0 atom stereocenters. The SMILES string of the molecule is NC1CCC(N(CCOCCOCCC(=O)O)CCOCCOCCC(=O)O)CC1. The minimum atomic E-state index is -0.868. The van der Waals surface area contributed by atoms with E-state index in [1.807, 2.05) is 0 Å². The van der Waals surface area contributed by atoms with Crippen molar-refractivity contribution in [2.24, 2.45) is 5.73 Å². The fraction of sp³-hybridized carbons (Fsp3) is 0.900. The van der Waals surface area contributed by atoms with E-state index in [1.165, 1.54) is 0 Å². The van der Waals surface area contributed by atoms with E-state index in [0.29, 0.717) is 51.7 Å². The van der Waals surface area contributed by atoms with Gasteiger partial charge in [0.2, 0.25) is 0 Å². The largest absolute Gasteiger partial charge is 0.481 e. The third-order valence-electron chi connectivity index (χ3n) is 4.97. The van der Waals surface area contributed by atoms with Crippen molar-refractivity contribution in [2.45, 2.75) is 50.6 Å². The number of carboxylic acids is 2. The Morgan fingerprint density at radius 2 is 1.10 bits per heavy atom. The number of nitrogens with two attached hydrogens (primary N) is 1. The molecule has 0 radical (unpaired) electrons. The van der Waals surface area contributed by atoms with Gasteiger partial charge in [0, 0.05) is 25.2 Å². The molecule has 1 aliphatic rings. The first kappa shape index (κ1) is 26.7. The molecule has 0 heterocycles. The summed E-state index contributed by atoms with van der Waals surface area (Å²) in [6.07, 6.45) is 4.19. The average Bonchev–Trinajstić information content (AvgIpc) is 2.70. The van der Waals surface area contributed by atoms with Crippen LogP contribution in [0.3, 0.4) is 0 Å². The van der Waals surface area contributed by atoms with Crippen molar-refractivity contribution in [3.8, 4) is 0 Å². The van der Waals surface area contributed by atoms with Crippen LogP contribution in [0.4, 0.5) is 0 Å². The summed E-state index contributed by atoms with van der Waals surface area (Å²) in [6, 6.07) is 0.761. The van der Waals surface area contributed by atoms with Crippen LogP contribution >= 0.6 is 0 Å². The monoisotopic (exact) mass is 434 g/mol. The lowest BCUT2D eigenvalue weighted by Crippen LogP contribution is -2.44. The molecule has 1 aliphatic carbocycles. The predicted molar refractivity (Wildman–Crippen MR) is 110 cm³/mol. The molecule has 10 nitrogen and oxygen atoms in total. The molecule has 1 rings (SSSR count). The molecule has 1 fully saturated rings. The van der Waals surface area contributed by atoms with Crippen molar-refractivity contribution < 1.29 is 38.7 Å². The van der Waals surface area contributed by atoms with E-state index in [1.54, 1.807) is 0 Å². The van der Waals surface area contributed by atoms with Crippen LogP contribution in [-0.2, 0) is 28.5 Å². The molecule has 0 aromatic heterocycles. The molecule has 0 spiro atoms. The number of aliphatic carboxylic acids is 2. The number of hydrogen-bond acceptors (Lipinski definition) is 8. The molecular weight excluding hydrogens is 396 g/mol. The number of rotatable bonds is 19. The van der Waals surface area contributed by atoms with Crippen molar-refractivity contribution in [1.82, 2.24) is 4.90 Å². The molecule has 4 N–H and O–H groups in total. The molecule has 1 saturated carbocycles. The summed E-state index contributed by atoms with van der Waals surface area (Å²) >= 11 is 0. The molecule has 0 aliphatic heterocycles. The number of hydrogen-bond donors (Lipinski definition) is 3. The Morgan fingerprint density at radius 3 is 1.50 bits per heavy atom. The Balaban J connectivity index is 2.17. The van der Waals surface area contributed by atoms with Crippen molar-refractivity contribution in [2.75, 3.05) is 65.9 Å². The molecule has 176 valence electrons. The number of ether oxygens (including phenoxy) is 4. The normalized spacial score (nSPS) is 19.3. The van der Waals surface area contributed by atoms with Gasteiger partial charge in [-0.25, -0.2) is 0 Å². The Hall–Kier alpha value is -1.30. The van der Waals surface area contributed by atoms with Crippen molar-refractivity contribution >= 4 is 11.9 Å². The molecule has 10 heteroatoms. The summed E-state index contributed by atoms with van der Waals surface area (Å²) in [5.74, 6) is -1.74. The lowest BCUT2D eigenvalue weighted by atomic mass is 9.91. The summed E-state index contributed by atoms with van der Waals surface area (Å²) < 4.78 is 21.7. The smallest absolute Gasteiger partial charge is 0.305 e. The highest BCUT2D eigenvalue weighted by molar-refractivity contribution is 5.67. The Kier molecular flexibility index (Phi) is 15.5. The maximum absolute atomic E-state index is 10.4. The molecule has 0 saturated heterocycles. The van der Waals surface area contributed by atoms with E-state index in [-0.39, 0.29) is 26.1 Å². The second kappa shape index (κ2) is 17.4. The number of carbonyl (C=O) groups is 2. The van der Waals surface area contributed by atoms with Crippen LogP contribution in [0.5, 0.6) is 0 Å². The van der Waals surface area contributed by atoms with Crippen LogP contribution in [0.1, 0.15) is 38.5 Å². The second-order valence-electron chi connectivity index (χ2n) is 7.34. The molecule has 0 bridgehead atoms. The van der Waals surface area contributed by atoms with E-state index >= 15 is 0 Å². The van der Waals surface area contributed by atoms with Crippen LogP contribution in [0.25, 0.3) is 0 Å².